The summed E-state index contributed by atoms with van der Waals surface area (Å²) in [5, 5.41) is -0.0612. The number of hydrogen-bond donors (Lipinski definition) is 0. The molecular weight excluding hydrogens is 340 g/mol. The summed E-state index contributed by atoms with van der Waals surface area (Å²) in [7, 11) is 0. The predicted octanol–water partition coefficient (Wildman–Crippen LogP) is 4.79. The van der Waals surface area contributed by atoms with Gasteiger partial charge in [0.1, 0.15) is 16.4 Å². The lowest BCUT2D eigenvalue weighted by molar-refractivity contribution is -0.133. The van der Waals surface area contributed by atoms with Crippen molar-refractivity contribution in [3.05, 3.63) is 42.4 Å². The molecule has 3 rings (SSSR count). The number of nitrogens with zero attached hydrogens (tertiary/aromatic N) is 2. The molecule has 0 bridgehead atoms. The fraction of sp³-hybridized carbons (Fsp3) is 0.500. The van der Waals surface area contributed by atoms with Gasteiger partial charge in [-0.25, -0.2) is 4.98 Å². The number of carbonyl (C=O) groups excluding carboxylic acids is 1. The second-order valence-corrected chi connectivity index (χ2v) is 8.48. The molecule has 128 valence electrons. The van der Waals surface area contributed by atoms with Gasteiger partial charge in [0.05, 0.1) is 17.8 Å². The zero-order valence-electron chi connectivity index (χ0n) is 14.2. The lowest BCUT2D eigenvalue weighted by atomic mass is 9.64. The number of aromatic nitrogens is 2. The number of Topliss-reactive ketones (excluding diaryl/α,β-unsaturated/α-hetero) is 1. The predicted molar refractivity (Wildman–Crippen MR) is 100 cm³/mol. The van der Waals surface area contributed by atoms with Crippen LogP contribution in [-0.2, 0) is 4.79 Å². The van der Waals surface area contributed by atoms with Crippen LogP contribution in [-0.4, -0.2) is 19.7 Å². The molecule has 3 atom stereocenters. The zero-order chi connectivity index (χ0) is 17.3. The van der Waals surface area contributed by atoms with Crippen LogP contribution in [0, 0.1) is 18.3 Å². The van der Waals surface area contributed by atoms with E-state index in [-0.39, 0.29) is 5.25 Å². The Kier molecular flexibility index (Phi) is 4.97. The van der Waals surface area contributed by atoms with Gasteiger partial charge in [-0.05, 0) is 31.2 Å². The van der Waals surface area contributed by atoms with Crippen LogP contribution in [0.1, 0.15) is 49.5 Å². The minimum absolute atomic E-state index is 0.0612. The molecule has 6 heteroatoms. The maximum absolute atomic E-state index is 12.9. The van der Waals surface area contributed by atoms with Gasteiger partial charge >= 0.3 is 0 Å². The van der Waals surface area contributed by atoms with Gasteiger partial charge in [0.25, 0.3) is 0 Å². The summed E-state index contributed by atoms with van der Waals surface area (Å²) in [5.74, 6) is 0.629. The van der Waals surface area contributed by atoms with Crippen molar-refractivity contribution in [3.8, 4) is 0 Å². The van der Waals surface area contributed by atoms with Gasteiger partial charge in [-0.2, -0.15) is 0 Å². The van der Waals surface area contributed by atoms with E-state index in [9.17, 15) is 4.79 Å². The van der Waals surface area contributed by atoms with E-state index in [4.69, 9.17) is 16.6 Å². The molecular formula is C18H22N2O2S2. The second-order valence-electron chi connectivity index (χ2n) is 6.74. The van der Waals surface area contributed by atoms with Gasteiger partial charge in [-0.3, -0.25) is 9.36 Å². The third-order valence-electron chi connectivity index (χ3n) is 5.32. The molecule has 0 amide bonds. The molecule has 24 heavy (non-hydrogen) atoms. The van der Waals surface area contributed by atoms with Crippen LogP contribution in [0.5, 0.6) is 0 Å². The monoisotopic (exact) mass is 362 g/mol. The molecule has 2 aromatic heterocycles. The third-order valence-corrected chi connectivity index (χ3v) is 7.21. The fourth-order valence-electron chi connectivity index (χ4n) is 3.49. The first-order valence-electron chi connectivity index (χ1n) is 8.19. The van der Waals surface area contributed by atoms with E-state index in [1.54, 1.807) is 36.8 Å². The Hall–Kier alpha value is -1.40. The minimum Gasteiger partial charge on any atom is -0.472 e. The molecule has 1 aliphatic carbocycles. The van der Waals surface area contributed by atoms with E-state index >= 15 is 0 Å². The van der Waals surface area contributed by atoms with Crippen LogP contribution in [0.3, 0.4) is 0 Å². The number of aryl methyl sites for hydroxylation is 1. The molecule has 2 aromatic rings. The van der Waals surface area contributed by atoms with Crippen LogP contribution in [0.15, 0.2) is 35.7 Å². The highest BCUT2D eigenvalue weighted by molar-refractivity contribution is 8.23. The number of carbonyl (C=O) groups is 1. The summed E-state index contributed by atoms with van der Waals surface area (Å²) >= 11 is 7.17. The van der Waals surface area contributed by atoms with Crippen LogP contribution < -0.4 is 0 Å². The first-order chi connectivity index (χ1) is 11.4. The van der Waals surface area contributed by atoms with E-state index in [1.807, 2.05) is 17.7 Å². The van der Waals surface area contributed by atoms with Gasteiger partial charge < -0.3 is 4.42 Å². The molecule has 0 saturated heterocycles. The number of thioether (sulfide) groups is 1. The van der Waals surface area contributed by atoms with Gasteiger partial charge in [-0.15, -0.1) is 0 Å². The van der Waals surface area contributed by atoms with E-state index in [0.29, 0.717) is 22.4 Å². The van der Waals surface area contributed by atoms with Gasteiger partial charge in [0.2, 0.25) is 0 Å². The summed E-state index contributed by atoms with van der Waals surface area (Å²) < 4.78 is 7.94. The molecule has 0 spiro atoms. The Labute approximate surface area is 152 Å². The number of thiocarbonyl (C=S) groups is 1. The molecule has 0 N–H and O–H groups in total. The number of rotatable bonds is 3. The molecule has 1 aliphatic rings. The molecule has 2 heterocycles. The largest absolute Gasteiger partial charge is 0.472 e. The number of imidazole rings is 1. The Morgan fingerprint density at radius 1 is 1.54 bits per heavy atom. The molecule has 1 saturated carbocycles. The number of ketones is 1. The van der Waals surface area contributed by atoms with Crippen molar-refractivity contribution < 1.29 is 9.21 Å². The lowest BCUT2D eigenvalue weighted by Crippen LogP contribution is -2.42. The van der Waals surface area contributed by atoms with Crippen LogP contribution in [0.4, 0.5) is 0 Å². The van der Waals surface area contributed by atoms with Gasteiger partial charge in [-0.1, -0.05) is 37.8 Å². The first kappa shape index (κ1) is 17.4. The first-order valence-corrected chi connectivity index (χ1v) is 9.48. The van der Waals surface area contributed by atoms with E-state index < -0.39 is 5.41 Å². The highest BCUT2D eigenvalue weighted by atomic mass is 32.2. The standard InChI is InChI=1S/C18H22N2O2S2/c1-12-9-22-10-14(12)16(24-17(23)20-8-7-19-11-20)18(3)13(2)5-4-6-15(18)21/h7-11,13,16H,4-6H2,1-3H3/t13-,16+,18+/m0/s1. The van der Waals surface area contributed by atoms with Crippen molar-refractivity contribution in [2.45, 2.75) is 45.3 Å². The average Bonchev–Trinajstić information content (AvgIpc) is 3.21. The van der Waals surface area contributed by atoms with Crippen LogP contribution in [0.2, 0.25) is 0 Å². The molecule has 0 aliphatic heterocycles. The summed E-state index contributed by atoms with van der Waals surface area (Å²) in [6.07, 6.45) is 11.4. The average molecular weight is 363 g/mol. The SMILES string of the molecule is Cc1cocc1[C@@H](SC(=S)n1ccnc1)[C@@]1(C)C(=O)CCC[C@@H]1C. The molecule has 0 aromatic carbocycles. The Morgan fingerprint density at radius 2 is 2.33 bits per heavy atom. The maximum atomic E-state index is 12.9. The summed E-state index contributed by atoms with van der Waals surface area (Å²) in [6.45, 7) is 6.30. The van der Waals surface area contributed by atoms with Crippen molar-refractivity contribution in [2.75, 3.05) is 0 Å². The zero-order valence-corrected chi connectivity index (χ0v) is 15.8. The van der Waals surface area contributed by atoms with Crippen molar-refractivity contribution in [3.63, 3.8) is 0 Å². The summed E-state index contributed by atoms with van der Waals surface area (Å²) in [6, 6.07) is 0. The number of furan rings is 1. The topological polar surface area (TPSA) is 48.0 Å². The normalized spacial score (nSPS) is 25.6. The van der Waals surface area contributed by atoms with Crippen LogP contribution in [0.25, 0.3) is 0 Å². The maximum Gasteiger partial charge on any atom is 0.146 e. The molecule has 4 nitrogen and oxygen atoms in total. The van der Waals surface area contributed by atoms with E-state index in [2.05, 4.69) is 18.8 Å². The van der Waals surface area contributed by atoms with Gasteiger partial charge in [0, 0.05) is 29.8 Å². The van der Waals surface area contributed by atoms with Crippen molar-refractivity contribution in [2.24, 2.45) is 11.3 Å². The number of hydrogen-bond acceptors (Lipinski definition) is 5. The van der Waals surface area contributed by atoms with Gasteiger partial charge in [0.15, 0.2) is 0 Å². The van der Waals surface area contributed by atoms with Crippen LogP contribution >= 0.6 is 24.0 Å². The van der Waals surface area contributed by atoms with E-state index in [1.165, 1.54) is 0 Å². The highest BCUT2D eigenvalue weighted by Gasteiger charge is 2.49. The van der Waals surface area contributed by atoms with E-state index in [0.717, 1.165) is 24.0 Å². The smallest absolute Gasteiger partial charge is 0.146 e. The quantitative estimate of drug-likeness (QED) is 0.735. The molecule has 0 radical (unpaired) electrons. The molecule has 1 fully saturated rings. The summed E-state index contributed by atoms with van der Waals surface area (Å²) in [4.78, 5) is 17.0. The fourth-order valence-corrected chi connectivity index (χ4v) is 5.30. The van der Waals surface area contributed by atoms with Crippen molar-refractivity contribution in [1.29, 1.82) is 0 Å². The Balaban J connectivity index is 2.01. The van der Waals surface area contributed by atoms with Crippen molar-refractivity contribution in [1.82, 2.24) is 9.55 Å². The highest BCUT2D eigenvalue weighted by Crippen LogP contribution is 2.54. The summed E-state index contributed by atoms with van der Waals surface area (Å²) in [5.41, 5.74) is 1.67. The lowest BCUT2D eigenvalue weighted by Gasteiger charge is -2.43. The second kappa shape index (κ2) is 6.84. The minimum atomic E-state index is -0.456. The molecule has 0 unspecified atom stereocenters. The van der Waals surface area contributed by atoms with Crippen molar-refractivity contribution >= 4 is 34.1 Å². The Morgan fingerprint density at radius 3 is 2.92 bits per heavy atom. The Bertz CT molecular complexity index is 738. The third kappa shape index (κ3) is 2.97.